The molecule has 3 aromatic carbocycles. The van der Waals surface area contributed by atoms with Crippen LogP contribution in [0.5, 0.6) is 0 Å². The van der Waals surface area contributed by atoms with Crippen molar-refractivity contribution in [2.24, 2.45) is 5.73 Å². The van der Waals surface area contributed by atoms with E-state index in [4.69, 9.17) is 10.2 Å². The minimum atomic E-state index is -0.489. The largest absolute Gasteiger partial charge is 0.459 e. The molecule has 9 nitrogen and oxygen atoms in total. The molecule has 0 spiro atoms. The topological polar surface area (TPSA) is 121 Å². The van der Waals surface area contributed by atoms with E-state index >= 15 is 0 Å². The fourth-order valence-electron chi connectivity index (χ4n) is 5.05. The molecule has 0 radical (unpaired) electrons. The summed E-state index contributed by atoms with van der Waals surface area (Å²) < 4.78 is 5.28. The molecule has 5 rings (SSSR count). The third-order valence-corrected chi connectivity index (χ3v) is 7.24. The molecule has 3 amide bonds. The highest BCUT2D eigenvalue weighted by molar-refractivity contribution is 6.05. The molecule has 4 aromatic rings. The van der Waals surface area contributed by atoms with E-state index in [9.17, 15) is 14.4 Å². The van der Waals surface area contributed by atoms with E-state index < -0.39 is 5.91 Å². The number of hydrogen-bond acceptors (Lipinski definition) is 6. The number of primary amides is 1. The molecule has 0 atom stereocenters. The summed E-state index contributed by atoms with van der Waals surface area (Å²) in [5.41, 5.74) is 11.0. The number of carbonyl (C=O) groups is 3. The molecule has 1 saturated heterocycles. The summed E-state index contributed by atoms with van der Waals surface area (Å²) >= 11 is 0. The first-order valence-electron chi connectivity index (χ1n) is 13.6. The molecule has 0 unspecified atom stereocenters. The van der Waals surface area contributed by atoms with Gasteiger partial charge in [0.25, 0.3) is 11.8 Å². The number of aryl methyl sites for hydroxylation is 1. The van der Waals surface area contributed by atoms with E-state index in [1.807, 2.05) is 18.2 Å². The Labute approximate surface area is 238 Å². The zero-order chi connectivity index (χ0) is 28.8. The van der Waals surface area contributed by atoms with Crippen LogP contribution in [-0.2, 0) is 6.42 Å². The van der Waals surface area contributed by atoms with Gasteiger partial charge in [0.1, 0.15) is 0 Å². The SMILES string of the molecule is Cc1ccccc1N1CCN(c2ccc(C(=O)NCCc3cccc(C(N)=O)c3)cc2NC(=O)c2ccco2)CC1. The fourth-order valence-corrected chi connectivity index (χ4v) is 5.05. The van der Waals surface area contributed by atoms with E-state index in [0.717, 1.165) is 37.4 Å². The number of amides is 3. The Kier molecular flexibility index (Phi) is 8.34. The smallest absolute Gasteiger partial charge is 0.291 e. The molecule has 1 fully saturated rings. The Morgan fingerprint density at radius 3 is 2.27 bits per heavy atom. The van der Waals surface area contributed by atoms with Crippen LogP contribution in [0.2, 0.25) is 0 Å². The number of hydrogen-bond donors (Lipinski definition) is 3. The second-order valence-corrected chi connectivity index (χ2v) is 9.99. The summed E-state index contributed by atoms with van der Waals surface area (Å²) in [5.74, 6) is -0.952. The van der Waals surface area contributed by atoms with Crippen LogP contribution in [0.25, 0.3) is 0 Å². The molecule has 0 saturated carbocycles. The summed E-state index contributed by atoms with van der Waals surface area (Å²) in [7, 11) is 0. The number of rotatable bonds is 9. The van der Waals surface area contributed by atoms with Crippen molar-refractivity contribution in [2.75, 3.05) is 47.8 Å². The molecule has 4 N–H and O–H groups in total. The standard InChI is InChI=1S/C32H33N5O4/c1-22-6-2-3-9-27(22)36-15-17-37(18-16-36)28-12-11-25(21-26(28)35-32(40)29-10-5-19-41-29)31(39)34-14-13-23-7-4-8-24(20-23)30(33)38/h2-12,19-21H,13-18H2,1H3,(H2,33,38)(H,34,39)(H,35,40). The third kappa shape index (κ3) is 6.58. The molecule has 0 aliphatic carbocycles. The minimum Gasteiger partial charge on any atom is -0.459 e. The first-order chi connectivity index (χ1) is 19.9. The van der Waals surface area contributed by atoms with Gasteiger partial charge in [0.05, 0.1) is 17.6 Å². The molecular formula is C32H33N5O4. The lowest BCUT2D eigenvalue weighted by Gasteiger charge is -2.38. The van der Waals surface area contributed by atoms with Crippen molar-refractivity contribution >= 4 is 34.8 Å². The van der Waals surface area contributed by atoms with Gasteiger partial charge in [0.2, 0.25) is 5.91 Å². The lowest BCUT2D eigenvalue weighted by Crippen LogP contribution is -2.47. The molecule has 0 bridgehead atoms. The highest BCUT2D eigenvalue weighted by atomic mass is 16.3. The lowest BCUT2D eigenvalue weighted by molar-refractivity contribution is 0.0951. The van der Waals surface area contributed by atoms with Crippen LogP contribution < -0.4 is 26.2 Å². The quantitative estimate of drug-likeness (QED) is 0.286. The normalized spacial score (nSPS) is 13.1. The summed E-state index contributed by atoms with van der Waals surface area (Å²) in [6, 6.07) is 24.0. The molecular weight excluding hydrogens is 518 g/mol. The van der Waals surface area contributed by atoms with Gasteiger partial charge in [-0.25, -0.2) is 0 Å². The monoisotopic (exact) mass is 551 g/mol. The van der Waals surface area contributed by atoms with Crippen molar-refractivity contribution in [3.05, 3.63) is 113 Å². The van der Waals surface area contributed by atoms with Gasteiger partial charge in [-0.3, -0.25) is 14.4 Å². The Bertz CT molecular complexity index is 1540. The van der Waals surface area contributed by atoms with Crippen LogP contribution >= 0.6 is 0 Å². The number of carbonyl (C=O) groups excluding carboxylic acids is 3. The van der Waals surface area contributed by atoms with Gasteiger partial charge in [-0.15, -0.1) is 0 Å². The lowest BCUT2D eigenvalue weighted by atomic mass is 10.1. The first-order valence-corrected chi connectivity index (χ1v) is 13.6. The summed E-state index contributed by atoms with van der Waals surface area (Å²) in [6.45, 7) is 5.66. The van der Waals surface area contributed by atoms with Crippen LogP contribution in [0.15, 0.2) is 89.5 Å². The number of anilines is 3. The van der Waals surface area contributed by atoms with E-state index in [1.54, 1.807) is 42.5 Å². The van der Waals surface area contributed by atoms with Gasteiger partial charge >= 0.3 is 0 Å². The van der Waals surface area contributed by atoms with Crippen molar-refractivity contribution in [1.82, 2.24) is 5.32 Å². The van der Waals surface area contributed by atoms with Crippen molar-refractivity contribution < 1.29 is 18.8 Å². The number of nitrogens with zero attached hydrogens (tertiary/aromatic N) is 2. The predicted molar refractivity (Wildman–Crippen MR) is 160 cm³/mol. The minimum absolute atomic E-state index is 0.188. The van der Waals surface area contributed by atoms with Crippen molar-refractivity contribution in [2.45, 2.75) is 13.3 Å². The molecule has 1 aliphatic rings. The Hall–Kier alpha value is -5.05. The zero-order valence-electron chi connectivity index (χ0n) is 22.9. The molecule has 210 valence electrons. The average molecular weight is 552 g/mol. The number of para-hydroxylation sites is 1. The average Bonchev–Trinajstić information content (AvgIpc) is 3.53. The maximum atomic E-state index is 13.1. The summed E-state index contributed by atoms with van der Waals surface area (Å²) in [5, 5.41) is 5.87. The number of nitrogens with two attached hydrogens (primary N) is 1. The Morgan fingerprint density at radius 1 is 0.805 bits per heavy atom. The van der Waals surface area contributed by atoms with Gasteiger partial charge in [-0.05, 0) is 73.0 Å². The predicted octanol–water partition coefficient (Wildman–Crippen LogP) is 4.24. The second kappa shape index (κ2) is 12.4. The van der Waals surface area contributed by atoms with Gasteiger partial charge in [-0.2, -0.15) is 0 Å². The summed E-state index contributed by atoms with van der Waals surface area (Å²) in [6.07, 6.45) is 1.99. The van der Waals surface area contributed by atoms with Gasteiger partial charge in [0, 0.05) is 49.5 Å². The molecule has 1 aliphatic heterocycles. The van der Waals surface area contributed by atoms with Crippen LogP contribution in [0.3, 0.4) is 0 Å². The van der Waals surface area contributed by atoms with Crippen LogP contribution in [0.4, 0.5) is 17.1 Å². The van der Waals surface area contributed by atoms with Gasteiger partial charge < -0.3 is 30.6 Å². The van der Waals surface area contributed by atoms with Crippen LogP contribution in [0, 0.1) is 6.92 Å². The van der Waals surface area contributed by atoms with E-state index in [0.29, 0.717) is 29.8 Å². The van der Waals surface area contributed by atoms with E-state index in [2.05, 4.69) is 45.6 Å². The summed E-state index contributed by atoms with van der Waals surface area (Å²) in [4.78, 5) is 42.0. The highest BCUT2D eigenvalue weighted by Crippen LogP contribution is 2.30. The number of furan rings is 1. The number of benzene rings is 3. The Balaban J connectivity index is 1.30. The third-order valence-electron chi connectivity index (χ3n) is 7.24. The van der Waals surface area contributed by atoms with E-state index in [1.165, 1.54) is 17.5 Å². The number of nitrogens with one attached hydrogen (secondary N) is 2. The van der Waals surface area contributed by atoms with E-state index in [-0.39, 0.29) is 17.6 Å². The maximum Gasteiger partial charge on any atom is 0.291 e. The zero-order valence-corrected chi connectivity index (χ0v) is 22.9. The molecule has 2 heterocycles. The van der Waals surface area contributed by atoms with Gasteiger partial charge in [-0.1, -0.05) is 30.3 Å². The maximum absolute atomic E-state index is 13.1. The second-order valence-electron chi connectivity index (χ2n) is 9.99. The first kappa shape index (κ1) is 27.5. The Morgan fingerprint density at radius 2 is 1.56 bits per heavy atom. The van der Waals surface area contributed by atoms with Crippen molar-refractivity contribution in [1.29, 1.82) is 0 Å². The highest BCUT2D eigenvalue weighted by Gasteiger charge is 2.23. The van der Waals surface area contributed by atoms with Gasteiger partial charge in [0.15, 0.2) is 5.76 Å². The molecule has 9 heteroatoms. The molecule has 41 heavy (non-hydrogen) atoms. The molecule has 1 aromatic heterocycles. The van der Waals surface area contributed by atoms with Crippen LogP contribution in [-0.4, -0.2) is 50.4 Å². The van der Waals surface area contributed by atoms with Crippen LogP contribution in [0.1, 0.15) is 42.4 Å². The fraction of sp³-hybridized carbons (Fsp3) is 0.219. The van der Waals surface area contributed by atoms with Crippen molar-refractivity contribution in [3.63, 3.8) is 0 Å². The number of piperazine rings is 1. The van der Waals surface area contributed by atoms with Crippen molar-refractivity contribution in [3.8, 4) is 0 Å².